The van der Waals surface area contributed by atoms with Gasteiger partial charge in [0.2, 0.25) is 0 Å². The number of carbonyl (C=O) groups is 1. The van der Waals surface area contributed by atoms with E-state index < -0.39 is 23.2 Å². The molecule has 0 unspecified atom stereocenters. The molecule has 1 saturated heterocycles. The summed E-state index contributed by atoms with van der Waals surface area (Å²) < 4.78 is 31.8. The molecule has 1 fully saturated rings. The van der Waals surface area contributed by atoms with E-state index in [0.717, 1.165) is 12.6 Å². The second-order valence-corrected chi connectivity index (χ2v) is 4.90. The van der Waals surface area contributed by atoms with Gasteiger partial charge in [-0.2, -0.15) is 5.10 Å². The highest BCUT2D eigenvalue weighted by atomic mass is 19.1. The van der Waals surface area contributed by atoms with Gasteiger partial charge in [0.05, 0.1) is 6.20 Å². The number of hydrogen-bond acceptors (Lipinski definition) is 5. The van der Waals surface area contributed by atoms with E-state index in [-0.39, 0.29) is 18.6 Å². The first-order chi connectivity index (χ1) is 10.6. The average Bonchev–Trinajstić information content (AvgIpc) is 3.15. The first kappa shape index (κ1) is 14.5. The zero-order valence-corrected chi connectivity index (χ0v) is 11.4. The van der Waals surface area contributed by atoms with Crippen LogP contribution in [0.1, 0.15) is 28.8 Å². The Hall–Kier alpha value is -2.42. The van der Waals surface area contributed by atoms with Crippen molar-refractivity contribution in [3.8, 4) is 0 Å². The van der Waals surface area contributed by atoms with E-state index in [1.54, 1.807) is 0 Å². The molecule has 1 aliphatic heterocycles. The average molecular weight is 309 g/mol. The minimum atomic E-state index is -0.994. The van der Waals surface area contributed by atoms with Gasteiger partial charge < -0.3 is 10.1 Å². The summed E-state index contributed by atoms with van der Waals surface area (Å²) in [6.07, 6.45) is 2.61. The maximum Gasteiger partial charge on any atom is 0.272 e. The van der Waals surface area contributed by atoms with Crippen LogP contribution >= 0.6 is 0 Å². The Morgan fingerprint density at radius 3 is 3.05 bits per heavy atom. The predicted molar refractivity (Wildman–Crippen MR) is 69.7 cm³/mol. The Morgan fingerprint density at radius 2 is 2.32 bits per heavy atom. The number of H-pyrrole nitrogens is 1. The third-order valence-corrected chi connectivity index (χ3v) is 3.47. The number of carbonyl (C=O) groups excluding carboxylic acids is 1. The molecule has 0 saturated carbocycles. The lowest BCUT2D eigenvalue weighted by Crippen LogP contribution is -2.32. The standard InChI is InChI=1S/C13H13F2N5O2/c14-8-3-9(15)10(16-5-8)13(21)17-4-7-1-2-22-11(7)12-18-6-19-20-12/h3,5-7,11H,1-2,4H2,(H,17,21)(H,18,19,20)/t7-,11-/m0/s1. The lowest BCUT2D eigenvalue weighted by atomic mass is 10.0. The molecule has 22 heavy (non-hydrogen) atoms. The predicted octanol–water partition coefficient (Wildman–Crippen LogP) is 0.985. The number of rotatable bonds is 4. The molecule has 116 valence electrons. The summed E-state index contributed by atoms with van der Waals surface area (Å²) in [7, 11) is 0. The summed E-state index contributed by atoms with van der Waals surface area (Å²) in [4.78, 5) is 19.4. The topological polar surface area (TPSA) is 92.8 Å². The van der Waals surface area contributed by atoms with Crippen molar-refractivity contribution in [2.75, 3.05) is 13.2 Å². The molecule has 3 rings (SSSR count). The van der Waals surface area contributed by atoms with Crippen molar-refractivity contribution in [2.45, 2.75) is 12.5 Å². The Labute approximate surface area is 124 Å². The number of halogens is 2. The van der Waals surface area contributed by atoms with Gasteiger partial charge in [0.25, 0.3) is 5.91 Å². The van der Waals surface area contributed by atoms with Crippen molar-refractivity contribution in [2.24, 2.45) is 5.92 Å². The number of pyridine rings is 1. The summed E-state index contributed by atoms with van der Waals surface area (Å²) in [6, 6.07) is 0.623. The molecular formula is C13H13F2N5O2. The van der Waals surface area contributed by atoms with E-state index in [1.807, 2.05) is 0 Å². The Bertz CT molecular complexity index is 664. The van der Waals surface area contributed by atoms with Crippen LogP contribution in [-0.4, -0.2) is 39.2 Å². The van der Waals surface area contributed by atoms with Crippen LogP contribution in [-0.2, 0) is 4.74 Å². The minimum Gasteiger partial charge on any atom is -0.370 e. The highest BCUT2D eigenvalue weighted by molar-refractivity contribution is 5.92. The van der Waals surface area contributed by atoms with Crippen LogP contribution in [0.25, 0.3) is 0 Å². The van der Waals surface area contributed by atoms with Crippen molar-refractivity contribution < 1.29 is 18.3 Å². The number of ether oxygens (including phenoxy) is 1. The molecule has 0 bridgehead atoms. The van der Waals surface area contributed by atoms with Crippen molar-refractivity contribution in [1.29, 1.82) is 0 Å². The van der Waals surface area contributed by atoms with Crippen LogP contribution in [0.2, 0.25) is 0 Å². The van der Waals surface area contributed by atoms with Crippen LogP contribution in [0.3, 0.4) is 0 Å². The van der Waals surface area contributed by atoms with Crippen LogP contribution in [0.15, 0.2) is 18.6 Å². The lowest BCUT2D eigenvalue weighted by molar-refractivity contribution is 0.0796. The third-order valence-electron chi connectivity index (χ3n) is 3.47. The summed E-state index contributed by atoms with van der Waals surface area (Å²) in [6.45, 7) is 0.803. The summed E-state index contributed by atoms with van der Waals surface area (Å²) in [5.74, 6) is -1.94. The van der Waals surface area contributed by atoms with Gasteiger partial charge in [0.1, 0.15) is 18.2 Å². The lowest BCUT2D eigenvalue weighted by Gasteiger charge is -2.16. The van der Waals surface area contributed by atoms with E-state index in [2.05, 4.69) is 25.5 Å². The molecule has 2 N–H and O–H groups in total. The molecule has 0 aromatic carbocycles. The van der Waals surface area contributed by atoms with Crippen LogP contribution < -0.4 is 5.32 Å². The monoisotopic (exact) mass is 309 g/mol. The molecule has 0 aliphatic carbocycles. The number of amides is 1. The zero-order valence-electron chi connectivity index (χ0n) is 11.4. The van der Waals surface area contributed by atoms with Crippen molar-refractivity contribution >= 4 is 5.91 Å². The molecule has 3 heterocycles. The molecule has 7 nitrogen and oxygen atoms in total. The molecule has 1 aliphatic rings. The van der Waals surface area contributed by atoms with Gasteiger partial charge in [0.15, 0.2) is 17.3 Å². The van der Waals surface area contributed by atoms with Crippen molar-refractivity contribution in [3.05, 3.63) is 41.7 Å². The smallest absolute Gasteiger partial charge is 0.272 e. The van der Waals surface area contributed by atoms with Gasteiger partial charge in [-0.15, -0.1) is 0 Å². The summed E-state index contributed by atoms with van der Waals surface area (Å²) >= 11 is 0. The van der Waals surface area contributed by atoms with Gasteiger partial charge in [-0.1, -0.05) is 0 Å². The first-order valence-electron chi connectivity index (χ1n) is 6.71. The highest BCUT2D eigenvalue weighted by Gasteiger charge is 2.32. The van der Waals surface area contributed by atoms with Gasteiger partial charge in [-0.05, 0) is 6.42 Å². The molecule has 0 radical (unpaired) electrons. The van der Waals surface area contributed by atoms with E-state index in [1.165, 1.54) is 6.33 Å². The molecule has 9 heteroatoms. The second kappa shape index (κ2) is 6.14. The van der Waals surface area contributed by atoms with Gasteiger partial charge >= 0.3 is 0 Å². The summed E-state index contributed by atoms with van der Waals surface area (Å²) in [5, 5.41) is 9.08. The fourth-order valence-electron chi connectivity index (χ4n) is 2.39. The number of hydrogen-bond donors (Lipinski definition) is 2. The van der Waals surface area contributed by atoms with Gasteiger partial charge in [-0.3, -0.25) is 9.89 Å². The van der Waals surface area contributed by atoms with Crippen molar-refractivity contribution in [1.82, 2.24) is 25.5 Å². The fourth-order valence-corrected chi connectivity index (χ4v) is 2.39. The number of aromatic amines is 1. The van der Waals surface area contributed by atoms with E-state index in [4.69, 9.17) is 4.74 Å². The number of aromatic nitrogens is 4. The number of nitrogens with zero attached hydrogens (tertiary/aromatic N) is 3. The molecule has 2 atom stereocenters. The Kier molecular flexibility index (Phi) is 4.05. The molecule has 2 aromatic rings. The quantitative estimate of drug-likeness (QED) is 0.878. The molecule has 2 aromatic heterocycles. The van der Waals surface area contributed by atoms with Gasteiger partial charge in [-0.25, -0.2) is 18.7 Å². The molecular weight excluding hydrogens is 296 g/mol. The van der Waals surface area contributed by atoms with E-state index in [9.17, 15) is 13.6 Å². The maximum atomic E-state index is 13.5. The second-order valence-electron chi connectivity index (χ2n) is 4.90. The Balaban J connectivity index is 1.63. The summed E-state index contributed by atoms with van der Waals surface area (Å²) in [5.41, 5.74) is -0.434. The van der Waals surface area contributed by atoms with Gasteiger partial charge in [0, 0.05) is 25.1 Å². The number of nitrogens with one attached hydrogen (secondary N) is 2. The highest BCUT2D eigenvalue weighted by Crippen LogP contribution is 2.31. The SMILES string of the molecule is O=C(NC[C@@H]1CCO[C@@H]1c1ncn[nH]1)c1ncc(F)cc1F. The third kappa shape index (κ3) is 2.93. The zero-order chi connectivity index (χ0) is 15.5. The molecule has 0 spiro atoms. The van der Waals surface area contributed by atoms with Crippen molar-refractivity contribution in [3.63, 3.8) is 0 Å². The minimum absolute atomic E-state index is 0.0135. The normalized spacial score (nSPS) is 21.0. The fraction of sp³-hybridized carbons (Fsp3) is 0.385. The first-order valence-corrected chi connectivity index (χ1v) is 6.71. The van der Waals surface area contributed by atoms with E-state index in [0.29, 0.717) is 18.5 Å². The van der Waals surface area contributed by atoms with Crippen LogP contribution in [0.5, 0.6) is 0 Å². The van der Waals surface area contributed by atoms with Crippen LogP contribution in [0.4, 0.5) is 8.78 Å². The Morgan fingerprint density at radius 1 is 1.45 bits per heavy atom. The largest absolute Gasteiger partial charge is 0.370 e. The van der Waals surface area contributed by atoms with E-state index >= 15 is 0 Å². The van der Waals surface area contributed by atoms with Crippen LogP contribution in [0, 0.1) is 17.6 Å². The molecule has 1 amide bonds. The maximum absolute atomic E-state index is 13.5.